The largest absolute Gasteiger partial charge is 0.399 e. The Bertz CT molecular complexity index is 456. The third kappa shape index (κ3) is 4.41. The first-order valence-corrected chi connectivity index (χ1v) is 7.51. The van der Waals surface area contributed by atoms with Crippen LogP contribution in [-0.2, 0) is 4.79 Å². The fourth-order valence-electron chi connectivity index (χ4n) is 2.74. The molecule has 3 N–H and O–H groups in total. The highest BCUT2D eigenvalue weighted by Gasteiger charge is 2.20. The van der Waals surface area contributed by atoms with Crippen LogP contribution >= 0.6 is 0 Å². The van der Waals surface area contributed by atoms with Gasteiger partial charge in [-0.25, -0.2) is 0 Å². The van der Waals surface area contributed by atoms with E-state index in [0.29, 0.717) is 6.04 Å². The van der Waals surface area contributed by atoms with Gasteiger partial charge < -0.3 is 11.1 Å². The third-order valence-electron chi connectivity index (χ3n) is 4.13. The number of amides is 1. The van der Waals surface area contributed by atoms with Gasteiger partial charge in [0.1, 0.15) is 0 Å². The second kappa shape index (κ2) is 7.13. The lowest BCUT2D eigenvalue weighted by molar-refractivity contribution is -0.117. The first-order valence-electron chi connectivity index (χ1n) is 7.51. The highest BCUT2D eigenvalue weighted by molar-refractivity contribution is 5.91. The molecule has 1 fully saturated rings. The zero-order valence-electron chi connectivity index (χ0n) is 12.1. The summed E-state index contributed by atoms with van der Waals surface area (Å²) in [4.78, 5) is 11.9. The molecular weight excluding hydrogens is 248 g/mol. The Morgan fingerprint density at radius 2 is 1.90 bits per heavy atom. The molecule has 108 valence electrons. The van der Waals surface area contributed by atoms with E-state index >= 15 is 0 Å². The number of benzene rings is 1. The van der Waals surface area contributed by atoms with Gasteiger partial charge in [0.15, 0.2) is 0 Å². The van der Waals surface area contributed by atoms with Crippen LogP contribution in [0.2, 0.25) is 0 Å². The molecule has 3 heteroatoms. The number of nitrogens with one attached hydrogen (secondary N) is 1. The van der Waals surface area contributed by atoms with Gasteiger partial charge in [-0.15, -0.1) is 0 Å². The second-order valence-corrected chi connectivity index (χ2v) is 5.63. The fraction of sp³-hybridized carbons (Fsp3) is 0.471. The third-order valence-corrected chi connectivity index (χ3v) is 4.13. The lowest BCUT2D eigenvalue weighted by atomic mass is 9.84. The van der Waals surface area contributed by atoms with Gasteiger partial charge in [-0.1, -0.05) is 25.5 Å². The Balaban J connectivity index is 1.79. The van der Waals surface area contributed by atoms with Crippen LogP contribution in [0.4, 0.5) is 5.69 Å². The van der Waals surface area contributed by atoms with Crippen LogP contribution in [0.5, 0.6) is 0 Å². The van der Waals surface area contributed by atoms with Crippen molar-refractivity contribution in [3.63, 3.8) is 0 Å². The summed E-state index contributed by atoms with van der Waals surface area (Å²) in [5.41, 5.74) is 7.35. The Hall–Kier alpha value is -1.77. The molecule has 0 saturated heterocycles. The molecule has 0 aliphatic heterocycles. The molecule has 0 heterocycles. The molecule has 0 spiro atoms. The van der Waals surface area contributed by atoms with Gasteiger partial charge in [0.05, 0.1) is 0 Å². The fourth-order valence-corrected chi connectivity index (χ4v) is 2.74. The lowest BCUT2D eigenvalue weighted by Gasteiger charge is -2.28. The van der Waals surface area contributed by atoms with E-state index in [4.69, 9.17) is 5.73 Å². The predicted molar refractivity (Wildman–Crippen MR) is 84.1 cm³/mol. The standard InChI is InChI=1S/C17H24N2O/c1-2-13-5-10-16(11-6-13)19-17(20)12-7-14-3-8-15(18)9-4-14/h3-4,7-9,12-13,16H,2,5-6,10-11,18H2,1H3,(H,19,20)/b12-7+. The monoisotopic (exact) mass is 272 g/mol. The molecule has 1 aromatic rings. The van der Waals surface area contributed by atoms with Crippen molar-refractivity contribution < 1.29 is 4.79 Å². The van der Waals surface area contributed by atoms with Crippen molar-refractivity contribution in [1.29, 1.82) is 0 Å². The smallest absolute Gasteiger partial charge is 0.244 e. The number of nitrogen functional groups attached to an aromatic ring is 1. The number of carbonyl (C=O) groups excluding carboxylic acids is 1. The van der Waals surface area contributed by atoms with Crippen LogP contribution in [0, 0.1) is 5.92 Å². The highest BCUT2D eigenvalue weighted by atomic mass is 16.1. The quantitative estimate of drug-likeness (QED) is 0.652. The Labute approximate surface area is 121 Å². The van der Waals surface area contributed by atoms with Crippen LogP contribution in [0.15, 0.2) is 30.3 Å². The topological polar surface area (TPSA) is 55.1 Å². The normalized spacial score (nSPS) is 22.9. The van der Waals surface area contributed by atoms with Crippen LogP contribution in [0.3, 0.4) is 0 Å². The van der Waals surface area contributed by atoms with Gasteiger partial charge in [-0.05, 0) is 55.4 Å². The molecule has 1 aliphatic carbocycles. The van der Waals surface area contributed by atoms with E-state index in [9.17, 15) is 4.79 Å². The highest BCUT2D eigenvalue weighted by Crippen LogP contribution is 2.26. The molecule has 0 radical (unpaired) electrons. The maximum absolute atomic E-state index is 11.9. The minimum atomic E-state index is 0.00164. The summed E-state index contributed by atoms with van der Waals surface area (Å²) in [6, 6.07) is 7.84. The van der Waals surface area contributed by atoms with Crippen molar-refractivity contribution in [1.82, 2.24) is 5.32 Å². The maximum atomic E-state index is 11.9. The molecule has 0 bridgehead atoms. The van der Waals surface area contributed by atoms with Crippen molar-refractivity contribution in [2.45, 2.75) is 45.1 Å². The van der Waals surface area contributed by atoms with Crippen molar-refractivity contribution in [3.8, 4) is 0 Å². The summed E-state index contributed by atoms with van der Waals surface area (Å²) in [5.74, 6) is 0.857. The zero-order valence-corrected chi connectivity index (χ0v) is 12.1. The van der Waals surface area contributed by atoms with Crippen LogP contribution in [0.25, 0.3) is 6.08 Å². The molecule has 20 heavy (non-hydrogen) atoms. The average molecular weight is 272 g/mol. The summed E-state index contributed by atoms with van der Waals surface area (Å²) < 4.78 is 0. The van der Waals surface area contributed by atoms with Crippen LogP contribution in [0.1, 0.15) is 44.6 Å². The molecule has 2 rings (SSSR count). The Morgan fingerprint density at radius 3 is 2.50 bits per heavy atom. The summed E-state index contributed by atoms with van der Waals surface area (Å²) in [6.07, 6.45) is 9.40. The van der Waals surface area contributed by atoms with Crippen molar-refractivity contribution >= 4 is 17.7 Å². The lowest BCUT2D eigenvalue weighted by Crippen LogP contribution is -2.36. The van der Waals surface area contributed by atoms with Crippen molar-refractivity contribution in [2.24, 2.45) is 5.92 Å². The van der Waals surface area contributed by atoms with E-state index in [1.807, 2.05) is 30.3 Å². The van der Waals surface area contributed by atoms with Crippen LogP contribution in [-0.4, -0.2) is 11.9 Å². The number of carbonyl (C=O) groups is 1. The zero-order chi connectivity index (χ0) is 14.4. The number of hydrogen-bond acceptors (Lipinski definition) is 2. The Morgan fingerprint density at radius 1 is 1.25 bits per heavy atom. The van der Waals surface area contributed by atoms with Gasteiger partial charge in [0.2, 0.25) is 5.91 Å². The van der Waals surface area contributed by atoms with Crippen LogP contribution < -0.4 is 11.1 Å². The second-order valence-electron chi connectivity index (χ2n) is 5.63. The van der Waals surface area contributed by atoms with Gasteiger partial charge in [-0.2, -0.15) is 0 Å². The van der Waals surface area contributed by atoms with E-state index in [1.54, 1.807) is 6.08 Å². The van der Waals surface area contributed by atoms with Gasteiger partial charge in [0, 0.05) is 17.8 Å². The molecule has 1 aromatic carbocycles. The molecule has 1 aliphatic rings. The molecule has 3 nitrogen and oxygen atoms in total. The van der Waals surface area contributed by atoms with Gasteiger partial charge >= 0.3 is 0 Å². The van der Waals surface area contributed by atoms with Crippen molar-refractivity contribution in [3.05, 3.63) is 35.9 Å². The predicted octanol–water partition coefficient (Wildman–Crippen LogP) is 3.37. The molecular formula is C17H24N2O. The van der Waals surface area contributed by atoms with E-state index in [-0.39, 0.29) is 5.91 Å². The number of anilines is 1. The maximum Gasteiger partial charge on any atom is 0.244 e. The first kappa shape index (κ1) is 14.6. The summed E-state index contributed by atoms with van der Waals surface area (Å²) in [7, 11) is 0. The van der Waals surface area contributed by atoms with E-state index in [1.165, 1.54) is 19.3 Å². The van der Waals surface area contributed by atoms with E-state index < -0.39 is 0 Å². The number of rotatable bonds is 4. The average Bonchev–Trinajstić information content (AvgIpc) is 2.47. The number of hydrogen-bond donors (Lipinski definition) is 2. The molecule has 1 saturated carbocycles. The molecule has 1 amide bonds. The molecule has 0 aromatic heterocycles. The minimum Gasteiger partial charge on any atom is -0.399 e. The summed E-state index contributed by atoms with van der Waals surface area (Å²) in [6.45, 7) is 2.25. The first-order chi connectivity index (χ1) is 9.67. The summed E-state index contributed by atoms with van der Waals surface area (Å²) >= 11 is 0. The van der Waals surface area contributed by atoms with Gasteiger partial charge in [0.25, 0.3) is 0 Å². The van der Waals surface area contributed by atoms with E-state index in [0.717, 1.165) is 30.0 Å². The van der Waals surface area contributed by atoms with Gasteiger partial charge in [-0.3, -0.25) is 4.79 Å². The van der Waals surface area contributed by atoms with Crippen molar-refractivity contribution in [2.75, 3.05) is 5.73 Å². The summed E-state index contributed by atoms with van der Waals surface area (Å²) in [5, 5.41) is 3.09. The van der Waals surface area contributed by atoms with E-state index in [2.05, 4.69) is 12.2 Å². The minimum absolute atomic E-state index is 0.00164. The molecule has 0 atom stereocenters. The SMILES string of the molecule is CCC1CCC(NC(=O)/C=C/c2ccc(N)cc2)CC1. The number of nitrogens with two attached hydrogens (primary N) is 1. The molecule has 0 unspecified atom stereocenters. The Kier molecular flexibility index (Phi) is 5.22.